The number of nitrogens with zero attached hydrogens (tertiary/aromatic N) is 2. The number of aliphatic hydroxyl groups excluding tert-OH is 1. The van der Waals surface area contributed by atoms with Crippen LogP contribution in [-0.2, 0) is 57.6 Å². The van der Waals surface area contributed by atoms with Crippen molar-refractivity contribution in [2.45, 2.75) is 76.7 Å². The molecule has 2 aliphatic rings. The lowest BCUT2D eigenvalue weighted by Crippen LogP contribution is -2.09. The Hall–Kier alpha value is -7.68. The molecule has 5 rings (SSSR count). The molecule has 320 valence electrons. The predicted molar refractivity (Wildman–Crippen MR) is 209 cm³/mol. The zero-order chi connectivity index (χ0) is 44.9. The van der Waals surface area contributed by atoms with E-state index < -0.39 is 105 Å². The first-order valence-electron chi connectivity index (χ1n) is 18.4. The van der Waals surface area contributed by atoms with Crippen molar-refractivity contribution < 1.29 is 84.3 Å². The summed E-state index contributed by atoms with van der Waals surface area (Å²) in [5, 5.41) is 90.0. The average Bonchev–Trinajstić information content (AvgIpc) is 3.82. The number of allylic oxidation sites excluding steroid dienone is 2. The first kappa shape index (κ1) is 44.4. The molecule has 0 aromatic carbocycles. The van der Waals surface area contributed by atoms with Gasteiger partial charge in [-0.25, -0.2) is 9.97 Å². The second-order valence-corrected chi connectivity index (χ2v) is 14.1. The molecule has 0 fully saturated rings. The van der Waals surface area contributed by atoms with Gasteiger partial charge in [0.15, 0.2) is 0 Å². The molecular weight excluding hydrogens is 808 g/mol. The molecule has 0 saturated carbocycles. The van der Waals surface area contributed by atoms with Gasteiger partial charge in [0, 0.05) is 46.9 Å². The van der Waals surface area contributed by atoms with E-state index in [0.29, 0.717) is 0 Å². The van der Waals surface area contributed by atoms with Crippen LogP contribution in [0.4, 0.5) is 0 Å². The molecule has 0 amide bonds. The van der Waals surface area contributed by atoms with E-state index >= 15 is 0 Å². The third kappa shape index (κ3) is 10.7. The van der Waals surface area contributed by atoms with Gasteiger partial charge in [-0.15, -0.1) is 0 Å². The predicted octanol–water partition coefficient (Wildman–Crippen LogP) is 3.59. The molecule has 61 heavy (non-hydrogen) atoms. The monoisotopic (exact) mass is 846 g/mol. The summed E-state index contributed by atoms with van der Waals surface area (Å²) in [5.41, 5.74) is -0.725. The molecule has 3 aromatic heterocycles. The molecule has 0 radical (unpaired) electrons. The number of aliphatic hydroxyl groups is 1. The molecule has 21 nitrogen and oxygen atoms in total. The molecule has 1 atom stereocenters. The van der Waals surface area contributed by atoms with Crippen molar-refractivity contribution in [3.8, 4) is 0 Å². The smallest absolute Gasteiger partial charge is 0.307 e. The lowest BCUT2D eigenvalue weighted by molar-refractivity contribution is -0.140. The number of aromatic nitrogens is 4. The molecular formula is C40H38N4O17. The number of hydrogen-bond acceptors (Lipinski definition) is 11. The SMILES string of the molecule is O=C(O)CCC1=C(CC(=O)O)c2cc3nc(cc4[nH]c(cc5[nH]c(cc1n2)c(CC(=O)O)c5CCC(=O)O)c(CC(=O)O)c4C(O)CC(=O)O)C(CC(=O)O)=C3CCC(=O)O. The fraction of sp³-hybridized carbons (Fsp3) is 0.300. The number of nitrogens with one attached hydrogen (secondary N) is 2. The van der Waals surface area contributed by atoms with Crippen molar-refractivity contribution in [3.63, 3.8) is 0 Å². The highest BCUT2D eigenvalue weighted by molar-refractivity contribution is 6.02. The summed E-state index contributed by atoms with van der Waals surface area (Å²) in [7, 11) is 0. The molecule has 11 N–H and O–H groups in total. The van der Waals surface area contributed by atoms with E-state index in [9.17, 15) is 84.3 Å². The Balaban J connectivity index is 2.12. The van der Waals surface area contributed by atoms with E-state index in [0.717, 1.165) is 0 Å². The van der Waals surface area contributed by atoms with E-state index in [1.165, 1.54) is 24.3 Å². The quantitative estimate of drug-likeness (QED) is 0.0773. The highest BCUT2D eigenvalue weighted by atomic mass is 16.4. The topological polar surface area (TPSA) is 376 Å². The Labute approximate surface area is 342 Å². The van der Waals surface area contributed by atoms with Gasteiger partial charge in [0.2, 0.25) is 0 Å². The Morgan fingerprint density at radius 1 is 0.426 bits per heavy atom. The summed E-state index contributed by atoms with van der Waals surface area (Å²) in [6.07, 6.45) is -8.40. The molecule has 2 aliphatic heterocycles. The van der Waals surface area contributed by atoms with Crippen molar-refractivity contribution in [2.75, 3.05) is 0 Å². The number of carboxylic acids is 8. The summed E-state index contributed by atoms with van der Waals surface area (Å²) in [5.74, 6) is -10.9. The highest BCUT2D eigenvalue weighted by Crippen LogP contribution is 2.41. The van der Waals surface area contributed by atoms with Gasteiger partial charge in [-0.05, 0) is 82.5 Å². The highest BCUT2D eigenvalue weighted by Gasteiger charge is 2.29. The van der Waals surface area contributed by atoms with Gasteiger partial charge in [-0.3, -0.25) is 38.4 Å². The van der Waals surface area contributed by atoms with E-state index in [2.05, 4.69) is 19.9 Å². The number of aliphatic carboxylic acids is 8. The number of aromatic amines is 2. The Kier molecular flexibility index (Phi) is 13.5. The van der Waals surface area contributed by atoms with Gasteiger partial charge in [-0.1, -0.05) is 0 Å². The zero-order valence-corrected chi connectivity index (χ0v) is 31.9. The fourth-order valence-corrected chi connectivity index (χ4v) is 7.45. The van der Waals surface area contributed by atoms with Crippen molar-refractivity contribution in [3.05, 3.63) is 69.3 Å². The molecule has 1 unspecified atom stereocenters. The molecule has 8 bridgehead atoms. The lowest BCUT2D eigenvalue weighted by atomic mass is 9.95. The van der Waals surface area contributed by atoms with Gasteiger partial charge in [0.1, 0.15) is 0 Å². The largest absolute Gasteiger partial charge is 0.481 e. The van der Waals surface area contributed by atoms with E-state index in [-0.39, 0.29) is 109 Å². The summed E-state index contributed by atoms with van der Waals surface area (Å²) in [6.45, 7) is 0. The standard InChI is InChI=1S/C40H38N4O17/c45-31(15-39(60)61)40-22(10-38(58)59)29-13-25-17(2-5-33(48)49)20(8-36(54)55)27(42-25)11-23-16(1-4-32(46)47)19(7-35(52)53)26(41-23)12-24-18(3-6-34(50)51)21(9-37(56)57)28(43-24)14-30(40)44-29/h11-14,31,42,44-45H,1-10,15H2,(H,46,47)(H,48,49)(H,50,51)(H,52,53)(H,54,55)(H,56,57)(H,58,59)(H,60,61). The van der Waals surface area contributed by atoms with E-state index in [4.69, 9.17) is 0 Å². The number of aryl methyl sites for hydroxylation is 1. The van der Waals surface area contributed by atoms with Crippen molar-refractivity contribution in [2.24, 2.45) is 0 Å². The number of fused-ring (bicyclic) bond motifs is 8. The summed E-state index contributed by atoms with van der Waals surface area (Å²) in [6, 6.07) is 5.05. The Morgan fingerprint density at radius 3 is 1.31 bits per heavy atom. The van der Waals surface area contributed by atoms with Crippen LogP contribution in [0, 0.1) is 0 Å². The summed E-state index contributed by atoms with van der Waals surface area (Å²) < 4.78 is 0. The van der Waals surface area contributed by atoms with Crippen LogP contribution in [0.2, 0.25) is 0 Å². The van der Waals surface area contributed by atoms with E-state index in [1.807, 2.05) is 0 Å². The minimum atomic E-state index is -1.90. The molecule has 0 saturated heterocycles. The minimum absolute atomic E-state index is 0.00276. The third-order valence-corrected chi connectivity index (χ3v) is 9.84. The van der Waals surface area contributed by atoms with Crippen molar-refractivity contribution in [1.29, 1.82) is 0 Å². The van der Waals surface area contributed by atoms with Crippen LogP contribution in [0.15, 0.2) is 24.3 Å². The lowest BCUT2D eigenvalue weighted by Gasteiger charge is -2.10. The van der Waals surface area contributed by atoms with Gasteiger partial charge < -0.3 is 55.9 Å². The van der Waals surface area contributed by atoms with Gasteiger partial charge in [0.05, 0.1) is 61.0 Å². The van der Waals surface area contributed by atoms with Gasteiger partial charge in [0.25, 0.3) is 0 Å². The maximum absolute atomic E-state index is 12.3. The number of H-pyrrole nitrogens is 2. The normalized spacial score (nSPS) is 12.9. The number of carboxylic acid groups (broad SMARTS) is 8. The van der Waals surface area contributed by atoms with Crippen LogP contribution < -0.4 is 0 Å². The first-order valence-corrected chi connectivity index (χ1v) is 18.4. The van der Waals surface area contributed by atoms with E-state index in [1.54, 1.807) is 0 Å². The van der Waals surface area contributed by atoms with Crippen molar-refractivity contribution >= 4 is 92.1 Å². The second kappa shape index (κ2) is 18.5. The van der Waals surface area contributed by atoms with Crippen LogP contribution in [0.1, 0.15) is 103 Å². The number of carbonyl (C=O) groups is 8. The maximum Gasteiger partial charge on any atom is 0.307 e. The van der Waals surface area contributed by atoms with Crippen LogP contribution in [0.25, 0.3) is 44.4 Å². The summed E-state index contributed by atoms with van der Waals surface area (Å²) >= 11 is 0. The Morgan fingerprint density at radius 2 is 0.820 bits per heavy atom. The third-order valence-electron chi connectivity index (χ3n) is 9.84. The molecule has 5 heterocycles. The molecule has 21 heteroatoms. The Bertz CT molecular complexity index is 2630. The van der Waals surface area contributed by atoms with Gasteiger partial charge >= 0.3 is 47.8 Å². The van der Waals surface area contributed by atoms with Crippen LogP contribution >= 0.6 is 0 Å². The molecule has 0 aliphatic carbocycles. The fourth-order valence-electron chi connectivity index (χ4n) is 7.45. The first-order chi connectivity index (χ1) is 28.7. The number of rotatable bonds is 20. The zero-order valence-electron chi connectivity index (χ0n) is 31.9. The van der Waals surface area contributed by atoms with Crippen molar-refractivity contribution in [1.82, 2.24) is 19.9 Å². The van der Waals surface area contributed by atoms with Crippen LogP contribution in [0.3, 0.4) is 0 Å². The maximum atomic E-state index is 12.3. The number of hydrogen-bond donors (Lipinski definition) is 11. The second-order valence-electron chi connectivity index (χ2n) is 14.1. The minimum Gasteiger partial charge on any atom is -0.481 e. The van der Waals surface area contributed by atoms with Gasteiger partial charge in [-0.2, -0.15) is 0 Å². The van der Waals surface area contributed by atoms with Crippen LogP contribution in [0.5, 0.6) is 0 Å². The molecule has 0 spiro atoms. The average molecular weight is 847 g/mol. The van der Waals surface area contributed by atoms with Crippen LogP contribution in [-0.4, -0.2) is 114 Å². The summed E-state index contributed by atoms with van der Waals surface area (Å²) in [4.78, 5) is 112. The molecule has 3 aromatic rings.